The van der Waals surface area contributed by atoms with Crippen molar-refractivity contribution in [3.63, 3.8) is 0 Å². The summed E-state index contributed by atoms with van der Waals surface area (Å²) in [5.74, 6) is -4.17. The molecule has 0 saturated carbocycles. The van der Waals surface area contributed by atoms with Crippen LogP contribution >= 0.6 is 0 Å². The fraction of sp³-hybridized carbons (Fsp3) is 0.158. The normalized spacial score (nSPS) is 9.56. The molecular weight excluding hydrogens is 356 g/mol. The summed E-state index contributed by atoms with van der Waals surface area (Å²) >= 11 is 0. The molecule has 3 N–H and O–H groups in total. The van der Waals surface area contributed by atoms with Crippen molar-refractivity contribution >= 4 is 23.9 Å². The third-order valence-corrected chi connectivity index (χ3v) is 3.37. The summed E-state index contributed by atoms with van der Waals surface area (Å²) in [6.45, 7) is 3.46. The number of benzene rings is 2. The zero-order valence-electron chi connectivity index (χ0n) is 14.6. The number of aryl methyl sites for hydroxylation is 1. The molecule has 27 heavy (non-hydrogen) atoms. The van der Waals surface area contributed by atoms with Crippen molar-refractivity contribution in [2.75, 3.05) is 6.61 Å². The van der Waals surface area contributed by atoms with E-state index in [0.717, 1.165) is 0 Å². The van der Waals surface area contributed by atoms with Crippen LogP contribution in [-0.4, -0.2) is 45.8 Å². The molecule has 8 nitrogen and oxygen atoms in total. The van der Waals surface area contributed by atoms with Crippen molar-refractivity contribution in [3.05, 3.63) is 70.3 Å². The second-order valence-corrected chi connectivity index (χ2v) is 5.18. The molecule has 2 aromatic carbocycles. The number of carbonyl (C=O) groups is 4. The summed E-state index contributed by atoms with van der Waals surface area (Å²) < 4.78 is 4.72. The van der Waals surface area contributed by atoms with Gasteiger partial charge in [0.2, 0.25) is 0 Å². The zero-order valence-corrected chi connectivity index (χ0v) is 14.6. The Morgan fingerprint density at radius 2 is 1.30 bits per heavy atom. The standard InChI is InChI=1S/C10H10O4.C9H8O4/c1-2-14-10(13)8-6-4-3-5-7(8)9(11)12;1-5-3-2-4-6(8(10)11)7(5)9(12)13/h3-6H,2H2,1H3,(H,11,12);2-4H,1H3,(H,10,11)(H,12,13). The fourth-order valence-corrected chi connectivity index (χ4v) is 2.19. The Bertz CT molecular complexity index is 870. The third-order valence-electron chi connectivity index (χ3n) is 3.37. The van der Waals surface area contributed by atoms with Gasteiger partial charge in [0.15, 0.2) is 0 Å². The van der Waals surface area contributed by atoms with Crippen LogP contribution in [0.4, 0.5) is 0 Å². The first kappa shape index (κ1) is 21.4. The van der Waals surface area contributed by atoms with Gasteiger partial charge in [0.05, 0.1) is 28.9 Å². The molecule has 0 aromatic heterocycles. The summed E-state index contributed by atoms with van der Waals surface area (Å²) in [5, 5.41) is 26.2. The number of carboxylic acid groups (broad SMARTS) is 3. The molecule has 0 bridgehead atoms. The molecule has 2 rings (SSSR count). The monoisotopic (exact) mass is 374 g/mol. The molecule has 0 aliphatic heterocycles. The minimum atomic E-state index is -1.22. The highest BCUT2D eigenvalue weighted by Gasteiger charge is 2.17. The minimum Gasteiger partial charge on any atom is -0.478 e. The predicted octanol–water partition coefficient (Wildman–Crippen LogP) is 2.95. The maximum Gasteiger partial charge on any atom is 0.338 e. The maximum absolute atomic E-state index is 11.3. The Hall–Kier alpha value is -3.68. The van der Waals surface area contributed by atoms with Gasteiger partial charge in [-0.15, -0.1) is 0 Å². The van der Waals surface area contributed by atoms with E-state index in [0.29, 0.717) is 5.56 Å². The molecule has 0 heterocycles. The second kappa shape index (κ2) is 9.71. The minimum absolute atomic E-state index is 0.0362. The molecule has 0 unspecified atom stereocenters. The van der Waals surface area contributed by atoms with Crippen LogP contribution in [0.25, 0.3) is 0 Å². The summed E-state index contributed by atoms with van der Waals surface area (Å²) in [4.78, 5) is 43.3. The molecule has 2 aromatic rings. The van der Waals surface area contributed by atoms with E-state index in [1.807, 2.05) is 0 Å². The first-order valence-electron chi connectivity index (χ1n) is 7.76. The fourth-order valence-electron chi connectivity index (χ4n) is 2.19. The molecule has 0 aliphatic carbocycles. The van der Waals surface area contributed by atoms with Crippen LogP contribution in [0.1, 0.15) is 53.9 Å². The van der Waals surface area contributed by atoms with Gasteiger partial charge >= 0.3 is 23.9 Å². The highest BCUT2D eigenvalue weighted by molar-refractivity contribution is 6.03. The Kier molecular flexibility index (Phi) is 7.68. The van der Waals surface area contributed by atoms with E-state index in [1.54, 1.807) is 32.0 Å². The van der Waals surface area contributed by atoms with Gasteiger partial charge in [-0.25, -0.2) is 19.2 Å². The highest BCUT2D eigenvalue weighted by Crippen LogP contribution is 2.14. The van der Waals surface area contributed by atoms with Crippen LogP contribution in [0.5, 0.6) is 0 Å². The highest BCUT2D eigenvalue weighted by atomic mass is 16.5. The molecule has 0 radical (unpaired) electrons. The van der Waals surface area contributed by atoms with Crippen molar-refractivity contribution in [1.82, 2.24) is 0 Å². The topological polar surface area (TPSA) is 138 Å². The van der Waals surface area contributed by atoms with Gasteiger partial charge in [-0.1, -0.05) is 24.3 Å². The van der Waals surface area contributed by atoms with Crippen LogP contribution in [0.15, 0.2) is 42.5 Å². The van der Waals surface area contributed by atoms with Gasteiger partial charge in [-0.2, -0.15) is 0 Å². The van der Waals surface area contributed by atoms with E-state index in [-0.39, 0.29) is 28.9 Å². The number of hydrogen-bond acceptors (Lipinski definition) is 5. The second-order valence-electron chi connectivity index (χ2n) is 5.18. The molecule has 0 spiro atoms. The van der Waals surface area contributed by atoms with Crippen molar-refractivity contribution in [2.24, 2.45) is 0 Å². The van der Waals surface area contributed by atoms with Crippen molar-refractivity contribution < 1.29 is 39.2 Å². The van der Waals surface area contributed by atoms with Crippen LogP contribution in [0, 0.1) is 6.92 Å². The average Bonchev–Trinajstić information content (AvgIpc) is 2.61. The first-order chi connectivity index (χ1) is 12.7. The summed E-state index contributed by atoms with van der Waals surface area (Å²) in [5.41, 5.74) is 0.183. The molecule has 8 heteroatoms. The Morgan fingerprint density at radius 1 is 0.778 bits per heavy atom. The van der Waals surface area contributed by atoms with Crippen molar-refractivity contribution in [1.29, 1.82) is 0 Å². The van der Waals surface area contributed by atoms with Gasteiger partial charge < -0.3 is 20.1 Å². The van der Waals surface area contributed by atoms with E-state index in [9.17, 15) is 19.2 Å². The van der Waals surface area contributed by atoms with Gasteiger partial charge in [-0.05, 0) is 37.6 Å². The van der Waals surface area contributed by atoms with Crippen molar-refractivity contribution in [2.45, 2.75) is 13.8 Å². The first-order valence-corrected chi connectivity index (χ1v) is 7.76. The maximum atomic E-state index is 11.3. The van der Waals surface area contributed by atoms with Gasteiger partial charge in [0.25, 0.3) is 0 Å². The lowest BCUT2D eigenvalue weighted by atomic mass is 10.0. The lowest BCUT2D eigenvalue weighted by molar-refractivity contribution is 0.0514. The van der Waals surface area contributed by atoms with Gasteiger partial charge in [-0.3, -0.25) is 0 Å². The van der Waals surface area contributed by atoms with Crippen LogP contribution < -0.4 is 0 Å². The SMILES string of the molecule is CCOC(=O)c1ccccc1C(=O)O.Cc1cccc(C(=O)O)c1C(=O)O. The van der Waals surface area contributed by atoms with Gasteiger partial charge in [0.1, 0.15) is 0 Å². The molecule has 0 saturated heterocycles. The van der Waals surface area contributed by atoms with E-state index < -0.39 is 23.9 Å². The number of aromatic carboxylic acids is 3. The Morgan fingerprint density at radius 3 is 1.74 bits per heavy atom. The number of ether oxygens (including phenoxy) is 1. The molecule has 142 valence electrons. The van der Waals surface area contributed by atoms with Crippen molar-refractivity contribution in [3.8, 4) is 0 Å². The van der Waals surface area contributed by atoms with Gasteiger partial charge in [0, 0.05) is 0 Å². The summed E-state index contributed by atoms with van der Waals surface area (Å²) in [6, 6.07) is 10.3. The molecule has 0 fully saturated rings. The number of rotatable bonds is 5. The predicted molar refractivity (Wildman–Crippen MR) is 94.5 cm³/mol. The lowest BCUT2D eigenvalue weighted by Crippen LogP contribution is -2.11. The number of carboxylic acids is 3. The van der Waals surface area contributed by atoms with E-state index >= 15 is 0 Å². The third kappa shape index (κ3) is 5.67. The summed E-state index contributed by atoms with van der Waals surface area (Å²) in [7, 11) is 0. The summed E-state index contributed by atoms with van der Waals surface area (Å²) in [6.07, 6.45) is 0. The van der Waals surface area contributed by atoms with Crippen LogP contribution in [-0.2, 0) is 4.74 Å². The number of esters is 1. The Balaban J connectivity index is 0.000000271. The van der Waals surface area contributed by atoms with E-state index in [1.165, 1.54) is 24.3 Å². The lowest BCUT2D eigenvalue weighted by Gasteiger charge is -2.04. The molecular formula is C19H18O8. The molecule has 0 amide bonds. The largest absolute Gasteiger partial charge is 0.478 e. The quantitative estimate of drug-likeness (QED) is 0.679. The Labute approximate surface area is 154 Å². The van der Waals surface area contributed by atoms with E-state index in [2.05, 4.69) is 0 Å². The number of hydrogen-bond donors (Lipinski definition) is 3. The smallest absolute Gasteiger partial charge is 0.338 e. The van der Waals surface area contributed by atoms with E-state index in [4.69, 9.17) is 20.1 Å². The molecule has 0 aliphatic rings. The number of carbonyl (C=O) groups excluding carboxylic acids is 1. The van der Waals surface area contributed by atoms with Crippen LogP contribution in [0.3, 0.4) is 0 Å². The average molecular weight is 374 g/mol. The van der Waals surface area contributed by atoms with Crippen LogP contribution in [0.2, 0.25) is 0 Å². The zero-order chi connectivity index (χ0) is 20.6. The molecule has 0 atom stereocenters.